The number of nitrogens with zero attached hydrogens (tertiary/aromatic N) is 3. The van der Waals surface area contributed by atoms with Crippen molar-refractivity contribution in [2.45, 2.75) is 13.3 Å². The van der Waals surface area contributed by atoms with Crippen molar-refractivity contribution in [3.8, 4) is 17.5 Å². The van der Waals surface area contributed by atoms with Crippen molar-refractivity contribution in [3.05, 3.63) is 77.3 Å². The Kier molecular flexibility index (Phi) is 5.61. The molecule has 0 saturated heterocycles. The second-order valence-electron chi connectivity index (χ2n) is 6.76. The third kappa shape index (κ3) is 4.25. The van der Waals surface area contributed by atoms with Crippen LogP contribution in [-0.2, 0) is 0 Å². The molecule has 2 aromatic carbocycles. The summed E-state index contributed by atoms with van der Waals surface area (Å²) in [5, 5.41) is 0.473. The van der Waals surface area contributed by atoms with Crippen LogP contribution in [0.5, 0.6) is 17.5 Å². The van der Waals surface area contributed by atoms with Crippen molar-refractivity contribution in [3.63, 3.8) is 0 Å². The molecule has 0 bridgehead atoms. The van der Waals surface area contributed by atoms with Gasteiger partial charge in [-0.05, 0) is 61.0 Å². The zero-order chi connectivity index (χ0) is 20.9. The van der Waals surface area contributed by atoms with Gasteiger partial charge in [0.25, 0.3) is 5.56 Å². The van der Waals surface area contributed by atoms with Gasteiger partial charge >= 0.3 is 6.01 Å². The second-order valence-corrected chi connectivity index (χ2v) is 6.76. The Hall–Kier alpha value is -3.87. The Balaban J connectivity index is 1.48. The number of H-pyrrole nitrogens is 1. The standard InChI is InChI=1S/C23H22N4O3/c1-3-14-29-18-8-4-16(5-9-18)27(2)17-6-10-19(11-7-17)30-23-25-21-15-24-13-12-20(21)22(28)26-23/h4-13,15H,3,14H2,1-2H3,(H,25,26,28). The molecule has 30 heavy (non-hydrogen) atoms. The van der Waals surface area contributed by atoms with Crippen molar-refractivity contribution in [1.82, 2.24) is 15.0 Å². The number of aromatic amines is 1. The van der Waals surface area contributed by atoms with E-state index in [2.05, 4.69) is 26.8 Å². The van der Waals surface area contributed by atoms with Gasteiger partial charge in [-0.15, -0.1) is 0 Å². The molecule has 4 rings (SSSR count). The minimum absolute atomic E-state index is 0.129. The summed E-state index contributed by atoms with van der Waals surface area (Å²) in [4.78, 5) is 25.2. The number of pyridine rings is 1. The molecule has 0 unspecified atom stereocenters. The van der Waals surface area contributed by atoms with E-state index in [1.165, 1.54) is 6.20 Å². The SMILES string of the molecule is CCCOc1ccc(N(C)c2ccc(Oc3nc4cnccc4c(=O)[nH]3)cc2)cc1. The lowest BCUT2D eigenvalue weighted by molar-refractivity contribution is 0.317. The van der Waals surface area contributed by atoms with Crippen molar-refractivity contribution in [2.24, 2.45) is 0 Å². The van der Waals surface area contributed by atoms with Crippen LogP contribution in [0.3, 0.4) is 0 Å². The van der Waals surface area contributed by atoms with Crippen molar-refractivity contribution in [1.29, 1.82) is 0 Å². The number of aromatic nitrogens is 3. The zero-order valence-electron chi connectivity index (χ0n) is 16.8. The molecule has 1 N–H and O–H groups in total. The first kappa shape index (κ1) is 19.4. The van der Waals surface area contributed by atoms with Crippen LogP contribution in [0.15, 0.2) is 71.8 Å². The van der Waals surface area contributed by atoms with Crippen LogP contribution in [0, 0.1) is 0 Å². The highest BCUT2D eigenvalue weighted by molar-refractivity contribution is 5.76. The minimum Gasteiger partial charge on any atom is -0.494 e. The van der Waals surface area contributed by atoms with E-state index in [0.29, 0.717) is 23.3 Å². The molecule has 0 amide bonds. The van der Waals surface area contributed by atoms with Gasteiger partial charge in [0.2, 0.25) is 0 Å². The second kappa shape index (κ2) is 8.65. The number of nitrogens with one attached hydrogen (secondary N) is 1. The van der Waals surface area contributed by atoms with Gasteiger partial charge < -0.3 is 14.4 Å². The maximum absolute atomic E-state index is 12.2. The number of anilines is 2. The number of hydrogen-bond donors (Lipinski definition) is 1. The predicted octanol–water partition coefficient (Wildman–Crippen LogP) is 4.67. The summed E-state index contributed by atoms with van der Waals surface area (Å²) in [6, 6.07) is 17.3. The number of rotatable bonds is 7. The number of benzene rings is 2. The number of hydrogen-bond acceptors (Lipinski definition) is 6. The number of fused-ring (bicyclic) bond motifs is 1. The van der Waals surface area contributed by atoms with Gasteiger partial charge in [-0.25, -0.2) is 0 Å². The van der Waals surface area contributed by atoms with E-state index in [4.69, 9.17) is 9.47 Å². The fourth-order valence-corrected chi connectivity index (χ4v) is 3.00. The third-order valence-electron chi connectivity index (χ3n) is 4.62. The molecule has 0 radical (unpaired) electrons. The monoisotopic (exact) mass is 402 g/mol. The fourth-order valence-electron chi connectivity index (χ4n) is 3.00. The van der Waals surface area contributed by atoms with Crippen LogP contribution in [0.1, 0.15) is 13.3 Å². The van der Waals surface area contributed by atoms with Gasteiger partial charge in [-0.3, -0.25) is 14.8 Å². The van der Waals surface area contributed by atoms with Crippen LogP contribution in [0.25, 0.3) is 10.9 Å². The third-order valence-corrected chi connectivity index (χ3v) is 4.62. The van der Waals surface area contributed by atoms with Crippen LogP contribution >= 0.6 is 0 Å². The summed E-state index contributed by atoms with van der Waals surface area (Å²) >= 11 is 0. The molecule has 0 fully saturated rings. The average molecular weight is 402 g/mol. The first-order chi connectivity index (χ1) is 14.6. The van der Waals surface area contributed by atoms with Gasteiger partial charge in [0.1, 0.15) is 11.5 Å². The Bertz CT molecular complexity index is 1190. The molecule has 0 atom stereocenters. The van der Waals surface area contributed by atoms with Gasteiger partial charge in [-0.1, -0.05) is 6.92 Å². The van der Waals surface area contributed by atoms with Crippen LogP contribution in [0.2, 0.25) is 0 Å². The van der Waals surface area contributed by atoms with E-state index in [1.807, 2.05) is 55.6 Å². The average Bonchev–Trinajstić information content (AvgIpc) is 2.78. The maximum atomic E-state index is 12.2. The first-order valence-electron chi connectivity index (χ1n) is 9.72. The van der Waals surface area contributed by atoms with Crippen molar-refractivity contribution < 1.29 is 9.47 Å². The Labute approximate surface area is 173 Å². The molecule has 152 valence electrons. The van der Waals surface area contributed by atoms with Crippen LogP contribution in [-0.4, -0.2) is 28.6 Å². The molecule has 0 saturated carbocycles. The van der Waals surface area contributed by atoms with Crippen molar-refractivity contribution in [2.75, 3.05) is 18.6 Å². The van der Waals surface area contributed by atoms with Gasteiger partial charge in [0.15, 0.2) is 0 Å². The minimum atomic E-state index is -0.264. The highest BCUT2D eigenvalue weighted by Crippen LogP contribution is 2.28. The van der Waals surface area contributed by atoms with E-state index in [1.54, 1.807) is 12.3 Å². The summed E-state index contributed by atoms with van der Waals surface area (Å²) in [5.74, 6) is 1.44. The van der Waals surface area contributed by atoms with Gasteiger partial charge in [-0.2, -0.15) is 4.98 Å². The van der Waals surface area contributed by atoms with Gasteiger partial charge in [0, 0.05) is 24.6 Å². The Morgan fingerprint density at radius 2 is 1.63 bits per heavy atom. The molecule has 2 aromatic heterocycles. The summed E-state index contributed by atoms with van der Waals surface area (Å²) in [6.07, 6.45) is 4.07. The lowest BCUT2D eigenvalue weighted by atomic mass is 10.2. The summed E-state index contributed by atoms with van der Waals surface area (Å²) in [7, 11) is 1.99. The molecule has 7 heteroatoms. The maximum Gasteiger partial charge on any atom is 0.302 e. The largest absolute Gasteiger partial charge is 0.494 e. The molecule has 7 nitrogen and oxygen atoms in total. The lowest BCUT2D eigenvalue weighted by Crippen LogP contribution is -2.10. The van der Waals surface area contributed by atoms with E-state index < -0.39 is 0 Å². The first-order valence-corrected chi connectivity index (χ1v) is 9.72. The van der Waals surface area contributed by atoms with E-state index >= 15 is 0 Å². The van der Waals surface area contributed by atoms with Gasteiger partial charge in [0.05, 0.1) is 23.7 Å². The van der Waals surface area contributed by atoms with Crippen LogP contribution < -0.4 is 19.9 Å². The van der Waals surface area contributed by atoms with E-state index in [9.17, 15) is 4.79 Å². The fraction of sp³-hybridized carbons (Fsp3) is 0.174. The summed E-state index contributed by atoms with van der Waals surface area (Å²) in [6.45, 7) is 2.80. The molecule has 4 aromatic rings. The molecule has 2 heterocycles. The lowest BCUT2D eigenvalue weighted by Gasteiger charge is -2.20. The summed E-state index contributed by atoms with van der Waals surface area (Å²) < 4.78 is 11.4. The predicted molar refractivity (Wildman–Crippen MR) is 117 cm³/mol. The van der Waals surface area contributed by atoms with Crippen molar-refractivity contribution >= 4 is 22.3 Å². The molecular formula is C23H22N4O3. The van der Waals surface area contributed by atoms with E-state index in [0.717, 1.165) is 23.5 Å². The topological polar surface area (TPSA) is 80.3 Å². The highest BCUT2D eigenvalue weighted by atomic mass is 16.5. The summed E-state index contributed by atoms with van der Waals surface area (Å²) in [5.41, 5.74) is 2.26. The Morgan fingerprint density at radius 3 is 2.30 bits per heavy atom. The molecule has 0 aliphatic carbocycles. The van der Waals surface area contributed by atoms with Crippen LogP contribution in [0.4, 0.5) is 11.4 Å². The molecule has 0 aliphatic rings. The molecular weight excluding hydrogens is 380 g/mol. The van der Waals surface area contributed by atoms with E-state index in [-0.39, 0.29) is 11.6 Å². The smallest absolute Gasteiger partial charge is 0.302 e. The molecule has 0 aliphatic heterocycles. The highest BCUT2D eigenvalue weighted by Gasteiger charge is 2.08. The normalized spacial score (nSPS) is 10.7. The Morgan fingerprint density at radius 1 is 0.967 bits per heavy atom. The quantitative estimate of drug-likeness (QED) is 0.484. The zero-order valence-corrected chi connectivity index (χ0v) is 16.8. The molecule has 0 spiro atoms. The number of ether oxygens (including phenoxy) is 2.